The molecule has 0 radical (unpaired) electrons. The van der Waals surface area contributed by atoms with E-state index in [2.05, 4.69) is 12.2 Å². The van der Waals surface area contributed by atoms with Gasteiger partial charge in [0.15, 0.2) is 0 Å². The summed E-state index contributed by atoms with van der Waals surface area (Å²) in [5.41, 5.74) is 0.766. The molecule has 0 bridgehead atoms. The topological polar surface area (TPSA) is 52.5 Å². The number of phenolic OH excluding ortho intramolecular Hbond substituents is 2. The Morgan fingerprint density at radius 2 is 1.79 bits per heavy atom. The second-order valence-corrected chi connectivity index (χ2v) is 5.82. The van der Waals surface area contributed by atoms with E-state index < -0.39 is 0 Å². The Morgan fingerprint density at radius 3 is 2.47 bits per heavy atom. The van der Waals surface area contributed by atoms with Crippen LogP contribution in [0.4, 0.5) is 0 Å². The van der Waals surface area contributed by atoms with Crippen molar-refractivity contribution in [3.05, 3.63) is 23.8 Å². The molecule has 1 aliphatic carbocycles. The third-order valence-corrected chi connectivity index (χ3v) is 4.35. The summed E-state index contributed by atoms with van der Waals surface area (Å²) in [6, 6.07) is 5.19. The summed E-state index contributed by atoms with van der Waals surface area (Å²) in [6.07, 6.45) is 6.64. The van der Waals surface area contributed by atoms with Crippen LogP contribution in [0, 0.1) is 5.92 Å². The van der Waals surface area contributed by atoms with Gasteiger partial charge >= 0.3 is 0 Å². The molecule has 3 nitrogen and oxygen atoms in total. The van der Waals surface area contributed by atoms with Crippen molar-refractivity contribution in [2.45, 2.75) is 58.0 Å². The highest BCUT2D eigenvalue weighted by Crippen LogP contribution is 2.31. The Kier molecular flexibility index (Phi) is 4.70. The average Bonchev–Trinajstić information content (AvgIpc) is 2.42. The summed E-state index contributed by atoms with van der Waals surface area (Å²) in [7, 11) is 0. The van der Waals surface area contributed by atoms with E-state index in [0.717, 1.165) is 11.5 Å². The third-order valence-electron chi connectivity index (χ3n) is 4.35. The van der Waals surface area contributed by atoms with Crippen LogP contribution in [0.1, 0.15) is 57.6 Å². The van der Waals surface area contributed by atoms with E-state index in [4.69, 9.17) is 0 Å². The van der Waals surface area contributed by atoms with Crippen LogP contribution in [0.25, 0.3) is 0 Å². The van der Waals surface area contributed by atoms with Gasteiger partial charge in [0, 0.05) is 17.6 Å². The number of aromatic hydroxyl groups is 2. The zero-order valence-electron chi connectivity index (χ0n) is 11.9. The first kappa shape index (κ1) is 14.2. The molecule has 3 N–H and O–H groups in total. The van der Waals surface area contributed by atoms with E-state index in [1.54, 1.807) is 12.1 Å². The molecule has 3 heteroatoms. The molecule has 106 valence electrons. The lowest BCUT2D eigenvalue weighted by molar-refractivity contribution is 0.267. The van der Waals surface area contributed by atoms with Crippen molar-refractivity contribution in [1.29, 1.82) is 0 Å². The van der Waals surface area contributed by atoms with E-state index in [9.17, 15) is 10.2 Å². The Labute approximate surface area is 115 Å². The maximum absolute atomic E-state index is 9.88. The maximum atomic E-state index is 9.88. The molecular formula is C16H25NO2. The van der Waals surface area contributed by atoms with Crippen LogP contribution in [-0.2, 0) is 0 Å². The molecule has 1 saturated carbocycles. The first-order valence-corrected chi connectivity index (χ1v) is 7.36. The first-order valence-electron chi connectivity index (χ1n) is 7.36. The lowest BCUT2D eigenvalue weighted by Gasteiger charge is -2.31. The van der Waals surface area contributed by atoms with Gasteiger partial charge in [-0.3, -0.25) is 0 Å². The highest BCUT2D eigenvalue weighted by Gasteiger charge is 2.22. The van der Waals surface area contributed by atoms with Crippen LogP contribution in [0.2, 0.25) is 0 Å². The summed E-state index contributed by atoms with van der Waals surface area (Å²) < 4.78 is 0. The van der Waals surface area contributed by atoms with Crippen LogP contribution in [0.3, 0.4) is 0 Å². The third kappa shape index (κ3) is 3.63. The van der Waals surface area contributed by atoms with Crippen molar-refractivity contribution < 1.29 is 10.2 Å². The molecule has 2 rings (SSSR count). The van der Waals surface area contributed by atoms with Gasteiger partial charge in [-0.25, -0.2) is 0 Å². The number of hydrogen-bond acceptors (Lipinski definition) is 3. The summed E-state index contributed by atoms with van der Waals surface area (Å²) in [4.78, 5) is 0. The summed E-state index contributed by atoms with van der Waals surface area (Å²) >= 11 is 0. The molecule has 1 aliphatic rings. The van der Waals surface area contributed by atoms with Crippen molar-refractivity contribution in [2.75, 3.05) is 0 Å². The number of phenols is 2. The maximum Gasteiger partial charge on any atom is 0.120 e. The Bertz CT molecular complexity index is 413. The summed E-state index contributed by atoms with van der Waals surface area (Å²) in [6.45, 7) is 4.26. The van der Waals surface area contributed by atoms with E-state index in [-0.39, 0.29) is 17.5 Å². The quantitative estimate of drug-likeness (QED) is 0.726. The number of benzene rings is 1. The zero-order chi connectivity index (χ0) is 13.8. The molecule has 0 spiro atoms. The predicted octanol–water partition coefficient (Wildman–Crippen LogP) is 3.72. The summed E-state index contributed by atoms with van der Waals surface area (Å²) in [5.74, 6) is 1.18. The molecule has 0 saturated heterocycles. The first-order chi connectivity index (χ1) is 9.08. The Morgan fingerprint density at radius 1 is 1.11 bits per heavy atom. The molecule has 0 heterocycles. The van der Waals surface area contributed by atoms with Crippen LogP contribution in [-0.4, -0.2) is 16.3 Å². The smallest absolute Gasteiger partial charge is 0.120 e. The Balaban J connectivity index is 1.99. The summed E-state index contributed by atoms with van der Waals surface area (Å²) in [5, 5.41) is 23.0. The molecule has 19 heavy (non-hydrogen) atoms. The highest BCUT2D eigenvalue weighted by molar-refractivity contribution is 5.40. The van der Waals surface area contributed by atoms with Gasteiger partial charge in [0.25, 0.3) is 0 Å². The Hall–Kier alpha value is -1.22. The molecule has 1 aromatic carbocycles. The van der Waals surface area contributed by atoms with Gasteiger partial charge < -0.3 is 15.5 Å². The van der Waals surface area contributed by atoms with Gasteiger partial charge in [-0.1, -0.05) is 19.3 Å². The fourth-order valence-corrected chi connectivity index (χ4v) is 3.14. The minimum absolute atomic E-state index is 0.0454. The van der Waals surface area contributed by atoms with Crippen LogP contribution < -0.4 is 5.32 Å². The zero-order valence-corrected chi connectivity index (χ0v) is 11.9. The molecular weight excluding hydrogens is 238 g/mol. The van der Waals surface area contributed by atoms with Crippen molar-refractivity contribution >= 4 is 0 Å². The lowest BCUT2D eigenvalue weighted by Crippen LogP contribution is -2.36. The van der Waals surface area contributed by atoms with Gasteiger partial charge in [0.05, 0.1) is 0 Å². The standard InChI is InChI=1S/C16H25NO2/c1-11(13-6-4-3-5-7-13)17-12(2)15-10-14(18)8-9-16(15)19/h8-13,17-19H,3-7H2,1-2H3/t11-,12?/m0/s1. The van der Waals surface area contributed by atoms with Crippen LogP contribution in [0.5, 0.6) is 11.5 Å². The van der Waals surface area contributed by atoms with Crippen LogP contribution >= 0.6 is 0 Å². The SMILES string of the molecule is CC(N[C@@H](C)C1CCCCC1)c1cc(O)ccc1O. The fourth-order valence-electron chi connectivity index (χ4n) is 3.14. The number of nitrogens with one attached hydrogen (secondary N) is 1. The largest absolute Gasteiger partial charge is 0.508 e. The molecule has 1 aromatic rings. The normalized spacial score (nSPS) is 20.1. The molecule has 1 fully saturated rings. The fraction of sp³-hybridized carbons (Fsp3) is 0.625. The van der Waals surface area contributed by atoms with Crippen molar-refractivity contribution in [3.63, 3.8) is 0 Å². The van der Waals surface area contributed by atoms with E-state index >= 15 is 0 Å². The minimum atomic E-state index is 0.0454. The second-order valence-electron chi connectivity index (χ2n) is 5.82. The van der Waals surface area contributed by atoms with Gasteiger partial charge in [-0.15, -0.1) is 0 Å². The molecule has 0 aromatic heterocycles. The molecule has 0 aliphatic heterocycles. The number of hydrogen-bond donors (Lipinski definition) is 3. The lowest BCUT2D eigenvalue weighted by atomic mass is 9.84. The van der Waals surface area contributed by atoms with Crippen LogP contribution in [0.15, 0.2) is 18.2 Å². The molecule has 0 amide bonds. The van der Waals surface area contributed by atoms with Gasteiger partial charge in [-0.2, -0.15) is 0 Å². The average molecular weight is 263 g/mol. The number of rotatable bonds is 4. The van der Waals surface area contributed by atoms with Crippen molar-refractivity contribution in [3.8, 4) is 11.5 Å². The predicted molar refractivity (Wildman–Crippen MR) is 77.4 cm³/mol. The van der Waals surface area contributed by atoms with Gasteiger partial charge in [-0.05, 0) is 50.8 Å². The van der Waals surface area contributed by atoms with E-state index in [1.807, 2.05) is 6.92 Å². The minimum Gasteiger partial charge on any atom is -0.508 e. The monoisotopic (exact) mass is 263 g/mol. The van der Waals surface area contributed by atoms with Gasteiger partial charge in [0.2, 0.25) is 0 Å². The highest BCUT2D eigenvalue weighted by atomic mass is 16.3. The van der Waals surface area contributed by atoms with E-state index in [1.165, 1.54) is 38.2 Å². The molecule has 2 atom stereocenters. The second kappa shape index (κ2) is 6.29. The molecule has 1 unspecified atom stereocenters. The van der Waals surface area contributed by atoms with E-state index in [0.29, 0.717) is 6.04 Å². The van der Waals surface area contributed by atoms with Crippen molar-refractivity contribution in [2.24, 2.45) is 5.92 Å². The van der Waals surface area contributed by atoms with Gasteiger partial charge in [0.1, 0.15) is 11.5 Å². The van der Waals surface area contributed by atoms with Crippen molar-refractivity contribution in [1.82, 2.24) is 5.32 Å².